The molecule has 0 aliphatic heterocycles. The largest absolute Gasteiger partial charge is 0.497 e. The van der Waals surface area contributed by atoms with E-state index in [9.17, 15) is 5.11 Å². The number of aliphatic hydroxyl groups is 1. The van der Waals surface area contributed by atoms with Crippen LogP contribution in [0.3, 0.4) is 0 Å². The molecule has 1 aromatic rings. The number of rotatable bonds is 3. The van der Waals surface area contributed by atoms with Gasteiger partial charge in [0.15, 0.2) is 0 Å². The summed E-state index contributed by atoms with van der Waals surface area (Å²) in [4.78, 5) is -0.891. The van der Waals surface area contributed by atoms with Gasteiger partial charge in [0.25, 0.3) is 0 Å². The van der Waals surface area contributed by atoms with Crippen LogP contribution < -0.4 is 4.74 Å². The van der Waals surface area contributed by atoms with Gasteiger partial charge in [-0.15, -0.1) is 23.2 Å². The molecule has 2 nitrogen and oxygen atoms in total. The van der Waals surface area contributed by atoms with Gasteiger partial charge in [-0.3, -0.25) is 0 Å². The summed E-state index contributed by atoms with van der Waals surface area (Å²) in [6, 6.07) is 4.86. The third kappa shape index (κ3) is 2.92. The lowest BCUT2D eigenvalue weighted by Crippen LogP contribution is -2.06. The molecule has 14 heavy (non-hydrogen) atoms. The molecule has 0 spiro atoms. The van der Waals surface area contributed by atoms with Gasteiger partial charge in [-0.2, -0.15) is 0 Å². The Labute approximate surface area is 97.3 Å². The molecular formula is C9H9Cl3O2. The van der Waals surface area contributed by atoms with Crippen LogP contribution in [0, 0.1) is 0 Å². The van der Waals surface area contributed by atoms with Crippen LogP contribution in [0.15, 0.2) is 18.2 Å². The lowest BCUT2D eigenvalue weighted by Gasteiger charge is -2.13. The van der Waals surface area contributed by atoms with Crippen molar-refractivity contribution in [1.82, 2.24) is 0 Å². The van der Waals surface area contributed by atoms with Crippen molar-refractivity contribution < 1.29 is 9.84 Å². The number of methoxy groups -OCH3 is 1. The van der Waals surface area contributed by atoms with E-state index in [4.69, 9.17) is 39.5 Å². The van der Waals surface area contributed by atoms with Crippen molar-refractivity contribution in [2.75, 3.05) is 7.11 Å². The van der Waals surface area contributed by atoms with E-state index in [0.717, 1.165) is 0 Å². The van der Waals surface area contributed by atoms with Crippen LogP contribution in [0.1, 0.15) is 11.7 Å². The van der Waals surface area contributed by atoms with Gasteiger partial charge in [-0.25, -0.2) is 0 Å². The zero-order chi connectivity index (χ0) is 10.7. The van der Waals surface area contributed by atoms with E-state index in [-0.39, 0.29) is 0 Å². The Morgan fingerprint density at radius 3 is 2.43 bits per heavy atom. The van der Waals surface area contributed by atoms with Crippen LogP contribution >= 0.6 is 34.8 Å². The minimum Gasteiger partial charge on any atom is -0.497 e. The molecule has 0 radical (unpaired) electrons. The first-order valence-corrected chi connectivity index (χ1v) is 5.10. The van der Waals surface area contributed by atoms with Crippen LogP contribution in [-0.4, -0.2) is 17.1 Å². The van der Waals surface area contributed by atoms with Crippen LogP contribution in [-0.2, 0) is 0 Å². The molecule has 1 N–H and O–H groups in total. The normalized spacial score (nSPS) is 13.0. The quantitative estimate of drug-likeness (QED) is 0.841. The van der Waals surface area contributed by atoms with E-state index in [0.29, 0.717) is 16.3 Å². The van der Waals surface area contributed by atoms with Gasteiger partial charge in [0.1, 0.15) is 16.7 Å². The average Bonchev–Trinajstić information content (AvgIpc) is 2.15. The Bertz CT molecular complexity index is 315. The van der Waals surface area contributed by atoms with Crippen molar-refractivity contribution in [2.24, 2.45) is 0 Å². The maximum Gasteiger partial charge on any atom is 0.137 e. The smallest absolute Gasteiger partial charge is 0.137 e. The van der Waals surface area contributed by atoms with Gasteiger partial charge < -0.3 is 9.84 Å². The molecule has 5 heteroatoms. The monoisotopic (exact) mass is 254 g/mol. The van der Waals surface area contributed by atoms with E-state index in [2.05, 4.69) is 0 Å². The van der Waals surface area contributed by atoms with Crippen molar-refractivity contribution in [3.05, 3.63) is 28.8 Å². The maximum absolute atomic E-state index is 9.56. The van der Waals surface area contributed by atoms with Crippen molar-refractivity contribution in [3.63, 3.8) is 0 Å². The highest BCUT2D eigenvalue weighted by atomic mass is 35.5. The van der Waals surface area contributed by atoms with E-state index < -0.39 is 10.9 Å². The molecule has 0 heterocycles. The predicted molar refractivity (Wildman–Crippen MR) is 58.5 cm³/mol. The zero-order valence-corrected chi connectivity index (χ0v) is 9.64. The predicted octanol–water partition coefficient (Wildman–Crippen LogP) is 3.19. The summed E-state index contributed by atoms with van der Waals surface area (Å²) in [5.74, 6) is 0.556. The van der Waals surface area contributed by atoms with Crippen molar-refractivity contribution in [1.29, 1.82) is 0 Å². The Hall–Kier alpha value is -0.150. The van der Waals surface area contributed by atoms with E-state index in [1.54, 1.807) is 18.2 Å². The van der Waals surface area contributed by atoms with Crippen LogP contribution in [0.2, 0.25) is 5.02 Å². The second-order valence-corrected chi connectivity index (χ2v) is 4.30. The minimum absolute atomic E-state index is 0.465. The highest BCUT2D eigenvalue weighted by Gasteiger charge is 2.16. The summed E-state index contributed by atoms with van der Waals surface area (Å²) in [5, 5.41) is 10.0. The number of halogens is 3. The number of aliphatic hydroxyl groups excluding tert-OH is 1. The molecule has 0 saturated carbocycles. The molecule has 0 bridgehead atoms. The van der Waals surface area contributed by atoms with Crippen molar-refractivity contribution >= 4 is 34.8 Å². The molecule has 78 valence electrons. The van der Waals surface area contributed by atoms with Gasteiger partial charge >= 0.3 is 0 Å². The molecule has 0 amide bonds. The van der Waals surface area contributed by atoms with E-state index in [1.807, 2.05) is 0 Å². The zero-order valence-electron chi connectivity index (χ0n) is 7.38. The summed E-state index contributed by atoms with van der Waals surface area (Å²) in [5.41, 5.74) is 0.532. The number of hydrogen-bond donors (Lipinski definition) is 1. The molecule has 0 saturated heterocycles. The molecule has 0 aliphatic rings. The Morgan fingerprint density at radius 2 is 1.93 bits per heavy atom. The fraction of sp³-hybridized carbons (Fsp3) is 0.333. The maximum atomic E-state index is 9.56. The fourth-order valence-electron chi connectivity index (χ4n) is 1.02. The molecule has 1 unspecified atom stereocenters. The first-order chi connectivity index (χ1) is 6.54. The van der Waals surface area contributed by atoms with Crippen LogP contribution in [0.5, 0.6) is 5.75 Å². The summed E-state index contributed by atoms with van der Waals surface area (Å²) < 4.78 is 4.98. The molecule has 1 atom stereocenters. The van der Waals surface area contributed by atoms with Gasteiger partial charge in [-0.1, -0.05) is 11.6 Å². The number of hydrogen-bond acceptors (Lipinski definition) is 2. The Morgan fingerprint density at radius 1 is 1.29 bits per heavy atom. The van der Waals surface area contributed by atoms with Gasteiger partial charge in [0.05, 0.1) is 7.11 Å². The van der Waals surface area contributed by atoms with Crippen LogP contribution in [0.4, 0.5) is 0 Å². The van der Waals surface area contributed by atoms with Crippen molar-refractivity contribution in [3.8, 4) is 5.75 Å². The SMILES string of the molecule is COc1cc(Cl)cc(C(O)C(Cl)Cl)c1. The van der Waals surface area contributed by atoms with E-state index in [1.165, 1.54) is 7.11 Å². The molecule has 0 aliphatic carbocycles. The lowest BCUT2D eigenvalue weighted by atomic mass is 10.1. The summed E-state index contributed by atoms with van der Waals surface area (Å²) in [7, 11) is 1.51. The Kier molecular flexibility index (Phi) is 4.32. The third-order valence-electron chi connectivity index (χ3n) is 1.71. The minimum atomic E-state index is -0.967. The second kappa shape index (κ2) is 5.08. The summed E-state index contributed by atoms with van der Waals surface area (Å²) in [6.45, 7) is 0. The topological polar surface area (TPSA) is 29.5 Å². The van der Waals surface area contributed by atoms with Crippen molar-refractivity contribution in [2.45, 2.75) is 10.9 Å². The lowest BCUT2D eigenvalue weighted by molar-refractivity contribution is 0.192. The average molecular weight is 256 g/mol. The number of ether oxygens (including phenoxy) is 1. The summed E-state index contributed by atoms with van der Waals surface area (Å²) >= 11 is 16.9. The van der Waals surface area contributed by atoms with Crippen LogP contribution in [0.25, 0.3) is 0 Å². The second-order valence-electron chi connectivity index (χ2n) is 2.70. The highest BCUT2D eigenvalue weighted by molar-refractivity contribution is 6.44. The molecule has 0 fully saturated rings. The van der Waals surface area contributed by atoms with Gasteiger partial charge in [-0.05, 0) is 23.8 Å². The Balaban J connectivity index is 3.02. The highest BCUT2D eigenvalue weighted by Crippen LogP contribution is 2.29. The molecule has 0 aromatic heterocycles. The van der Waals surface area contributed by atoms with E-state index >= 15 is 0 Å². The fourth-order valence-corrected chi connectivity index (χ4v) is 1.54. The molecule has 1 aromatic carbocycles. The van der Waals surface area contributed by atoms with Gasteiger partial charge in [0.2, 0.25) is 0 Å². The first-order valence-electron chi connectivity index (χ1n) is 3.85. The van der Waals surface area contributed by atoms with Gasteiger partial charge in [0, 0.05) is 5.02 Å². The number of benzene rings is 1. The molecule has 1 rings (SSSR count). The first kappa shape index (κ1) is 11.9. The third-order valence-corrected chi connectivity index (χ3v) is 2.41. The standard InChI is InChI=1S/C9H9Cl3O2/c1-14-7-3-5(2-6(10)4-7)8(13)9(11)12/h2-4,8-9,13H,1H3. The number of alkyl halides is 2. The summed E-state index contributed by atoms with van der Waals surface area (Å²) in [6.07, 6.45) is -0.967. The molecular weight excluding hydrogens is 246 g/mol.